The van der Waals surface area contributed by atoms with E-state index in [2.05, 4.69) is 37.3 Å². The van der Waals surface area contributed by atoms with Gasteiger partial charge in [0.05, 0.1) is 43.0 Å². The number of rotatable bonds is 11. The zero-order chi connectivity index (χ0) is 42.8. The highest BCUT2D eigenvalue weighted by Crippen LogP contribution is 2.57. The summed E-state index contributed by atoms with van der Waals surface area (Å²) in [5.74, 6) is -1.87. The van der Waals surface area contributed by atoms with Gasteiger partial charge in [0, 0.05) is 50.8 Å². The number of likely N-dealkylation sites (N-methyl/N-ethyl adjacent to an activating group) is 1. The molecule has 336 valence electrons. The summed E-state index contributed by atoms with van der Waals surface area (Å²) in [4.78, 5) is 31.2. The van der Waals surface area contributed by atoms with Gasteiger partial charge in [-0.05, 0) is 115 Å². The fraction of sp³-hybridized carbons (Fsp3) is 0.787. The van der Waals surface area contributed by atoms with E-state index in [1.54, 1.807) is 21.3 Å². The van der Waals surface area contributed by atoms with Gasteiger partial charge in [-0.3, -0.25) is 9.59 Å². The number of ketones is 1. The van der Waals surface area contributed by atoms with Crippen LogP contribution in [0.1, 0.15) is 85.5 Å². The van der Waals surface area contributed by atoms with Gasteiger partial charge in [0.25, 0.3) is 0 Å². The van der Waals surface area contributed by atoms with Crippen LogP contribution >= 0.6 is 0 Å². The monoisotopic (exact) mass is 841 g/mol. The molecular formula is C47H72N2O11. The van der Waals surface area contributed by atoms with Crippen LogP contribution in [-0.4, -0.2) is 137 Å². The third-order valence-electron chi connectivity index (χ3n) is 15.0. The zero-order valence-electron chi connectivity index (χ0n) is 37.3. The molecule has 5 fully saturated rings. The normalized spacial score (nSPS) is 43.9. The molecule has 3 aliphatic heterocycles. The molecule has 13 nitrogen and oxygen atoms in total. The van der Waals surface area contributed by atoms with Crippen molar-refractivity contribution in [2.75, 3.05) is 40.7 Å². The van der Waals surface area contributed by atoms with Crippen LogP contribution in [0.2, 0.25) is 0 Å². The lowest BCUT2D eigenvalue weighted by molar-refractivity contribution is -0.314. The number of aliphatic hydroxyl groups is 1. The summed E-state index contributed by atoms with van der Waals surface area (Å²) in [7, 11) is 9.07. The van der Waals surface area contributed by atoms with Crippen LogP contribution in [0.15, 0.2) is 42.0 Å². The van der Waals surface area contributed by atoms with E-state index in [-0.39, 0.29) is 78.6 Å². The number of ether oxygens (including phenoxy) is 8. The number of para-hydroxylation sites is 1. The number of esters is 1. The predicted octanol–water partition coefficient (Wildman–Crippen LogP) is 5.77. The number of benzene rings is 1. The van der Waals surface area contributed by atoms with E-state index in [0.29, 0.717) is 43.7 Å². The van der Waals surface area contributed by atoms with Crippen molar-refractivity contribution in [1.82, 2.24) is 4.90 Å². The predicted molar refractivity (Wildman–Crippen MR) is 225 cm³/mol. The van der Waals surface area contributed by atoms with E-state index in [1.165, 1.54) is 0 Å². The Hall–Kier alpha value is -2.46. The Kier molecular flexibility index (Phi) is 15.1. The number of carbonyl (C=O) groups excluding carboxylic acids is 2. The highest BCUT2D eigenvalue weighted by Gasteiger charge is 2.60. The third kappa shape index (κ3) is 9.40. The van der Waals surface area contributed by atoms with E-state index in [1.807, 2.05) is 51.1 Å². The first kappa shape index (κ1) is 45.6. The van der Waals surface area contributed by atoms with Crippen molar-refractivity contribution in [3.63, 3.8) is 0 Å². The summed E-state index contributed by atoms with van der Waals surface area (Å²) in [6, 6.07) is 9.87. The number of allylic oxidation sites excluding steroid dienone is 2. The molecule has 19 atom stereocenters. The molecule has 7 rings (SSSR count). The molecule has 13 heteroatoms. The molecule has 0 amide bonds. The largest absolute Gasteiger partial charge is 0.462 e. The first-order valence-electron chi connectivity index (χ1n) is 22.7. The van der Waals surface area contributed by atoms with E-state index in [0.717, 1.165) is 24.9 Å². The highest BCUT2D eigenvalue weighted by atomic mass is 16.7. The smallest absolute Gasteiger partial charge is 0.306 e. The van der Waals surface area contributed by atoms with Crippen molar-refractivity contribution >= 4 is 17.4 Å². The number of nitrogens with zero attached hydrogens (tertiary/aromatic N) is 1. The first-order valence-corrected chi connectivity index (χ1v) is 22.7. The van der Waals surface area contributed by atoms with Crippen molar-refractivity contribution in [2.24, 2.45) is 35.5 Å². The molecule has 2 N–H and O–H groups in total. The van der Waals surface area contributed by atoms with E-state index < -0.39 is 48.6 Å². The maximum atomic E-state index is 15.1. The van der Waals surface area contributed by atoms with Crippen molar-refractivity contribution in [3.05, 3.63) is 42.0 Å². The van der Waals surface area contributed by atoms with Crippen LogP contribution in [-0.2, 0) is 47.5 Å². The standard InChI is InChI=1S/C47H72N2O11/c1-10-29-17-14-18-37(60-39-20-19-36(49(5)6)26(3)56-39)25(2)42(51)35-23-32-31-21-30(59-47-46(55-9)45(54-8)44(53-7)27(4)57-47)22-34(31)41(48-28-15-12-11-13-16-28)43(52)40(32)33(35)24-38(50)58-29/h11-13,15-16,23,25-27,29-34,36-37,39-41,43-48,52H,10,14,17-22,24H2,1-9H3/t25-,26?,27?,29+,30+,31+,32+,33-,34-,36+,37+,39+,40-,41+,43+,44+,45?,46?,47+/m1/s1. The third-order valence-corrected chi connectivity index (χ3v) is 15.0. The van der Waals surface area contributed by atoms with Gasteiger partial charge in [-0.15, -0.1) is 0 Å². The minimum Gasteiger partial charge on any atom is -0.462 e. The quantitative estimate of drug-likeness (QED) is 0.261. The minimum atomic E-state index is -0.869. The number of Topliss-reactive ketones (excluding diaryl/α,β-unsaturated/α-hetero) is 1. The molecule has 0 spiro atoms. The topological polar surface area (TPSA) is 143 Å². The number of cyclic esters (lactones) is 1. The van der Waals surface area contributed by atoms with Crippen LogP contribution in [0.25, 0.3) is 0 Å². The van der Waals surface area contributed by atoms with Gasteiger partial charge in [0.15, 0.2) is 18.4 Å². The molecule has 6 aliphatic rings. The zero-order valence-corrected chi connectivity index (χ0v) is 37.3. The molecule has 3 aliphatic carbocycles. The van der Waals surface area contributed by atoms with Crippen LogP contribution in [0.5, 0.6) is 0 Å². The second-order valence-corrected chi connectivity index (χ2v) is 18.6. The number of hydrogen-bond acceptors (Lipinski definition) is 13. The molecule has 1 aromatic carbocycles. The van der Waals surface area contributed by atoms with E-state index in [9.17, 15) is 9.90 Å². The lowest BCUT2D eigenvalue weighted by Crippen LogP contribution is -2.59. The van der Waals surface area contributed by atoms with Gasteiger partial charge < -0.3 is 53.2 Å². The number of methoxy groups -OCH3 is 3. The maximum absolute atomic E-state index is 15.1. The maximum Gasteiger partial charge on any atom is 0.306 e. The van der Waals surface area contributed by atoms with E-state index >= 15 is 4.79 Å². The molecule has 0 bridgehead atoms. The average Bonchev–Trinajstić information content (AvgIpc) is 3.82. The molecule has 4 unspecified atom stereocenters. The van der Waals surface area contributed by atoms with Crippen molar-refractivity contribution < 1.29 is 52.6 Å². The fourth-order valence-corrected chi connectivity index (χ4v) is 11.9. The van der Waals surface area contributed by atoms with Crippen molar-refractivity contribution in [1.29, 1.82) is 0 Å². The lowest BCUT2D eigenvalue weighted by atomic mass is 9.62. The van der Waals surface area contributed by atoms with Gasteiger partial charge in [0.1, 0.15) is 24.4 Å². The Morgan fingerprint density at radius 1 is 0.850 bits per heavy atom. The molecule has 3 saturated heterocycles. The summed E-state index contributed by atoms with van der Waals surface area (Å²) in [5.41, 5.74) is 1.51. The molecule has 0 radical (unpaired) electrons. The van der Waals surface area contributed by atoms with Crippen LogP contribution < -0.4 is 5.32 Å². The minimum absolute atomic E-state index is 0.00629. The summed E-state index contributed by atoms with van der Waals surface area (Å²) in [5, 5.41) is 16.4. The second-order valence-electron chi connectivity index (χ2n) is 18.6. The first-order chi connectivity index (χ1) is 28.9. The lowest BCUT2D eigenvalue weighted by Gasteiger charge is -2.47. The number of hydrogen-bond donors (Lipinski definition) is 2. The van der Waals surface area contributed by atoms with Gasteiger partial charge in [-0.2, -0.15) is 0 Å². The van der Waals surface area contributed by atoms with Crippen LogP contribution in [0.3, 0.4) is 0 Å². The van der Waals surface area contributed by atoms with Crippen LogP contribution in [0, 0.1) is 35.5 Å². The Balaban J connectivity index is 1.20. The molecule has 2 saturated carbocycles. The number of anilines is 1. The Morgan fingerprint density at radius 3 is 2.23 bits per heavy atom. The second kappa shape index (κ2) is 19.9. The molecule has 0 aromatic heterocycles. The molecule has 1 aromatic rings. The Bertz CT molecular complexity index is 1610. The molecular weight excluding hydrogens is 769 g/mol. The van der Waals surface area contributed by atoms with Gasteiger partial charge in [-0.1, -0.05) is 38.1 Å². The summed E-state index contributed by atoms with van der Waals surface area (Å²) in [6.45, 7) is 8.06. The van der Waals surface area contributed by atoms with Crippen LogP contribution in [0.4, 0.5) is 5.69 Å². The summed E-state index contributed by atoms with van der Waals surface area (Å²) < 4.78 is 50.2. The number of aliphatic hydroxyl groups excluding tert-OH is 1. The highest BCUT2D eigenvalue weighted by molar-refractivity contribution is 5.99. The van der Waals surface area contributed by atoms with Gasteiger partial charge in [-0.25, -0.2) is 0 Å². The van der Waals surface area contributed by atoms with E-state index in [4.69, 9.17) is 37.9 Å². The SMILES string of the molecule is CC[C@H]1CCC[C@H](O[C@H]2CC[C@H](N(C)C)C(C)O2)[C@@H](C)C(=O)C2=C[C@H]3[C@@H]4C[C@H](O[C@@H]5OC(C)[C@H](OC)C(OC)C5OC)C[C@H]4[C@H](Nc4ccccc4)[C@@H](O)[C@H]3[C@@H]2CC(=O)O1. The van der Waals surface area contributed by atoms with Crippen molar-refractivity contribution in [3.8, 4) is 0 Å². The number of nitrogens with one attached hydrogen (secondary N) is 1. The number of fused-ring (bicyclic) bond motifs is 5. The summed E-state index contributed by atoms with van der Waals surface area (Å²) in [6.07, 6.45) is 3.59. The van der Waals surface area contributed by atoms with Gasteiger partial charge in [0.2, 0.25) is 0 Å². The fourth-order valence-electron chi connectivity index (χ4n) is 11.9. The Labute approximate surface area is 357 Å². The summed E-state index contributed by atoms with van der Waals surface area (Å²) >= 11 is 0. The molecule has 3 heterocycles. The van der Waals surface area contributed by atoms with Crippen molar-refractivity contribution in [2.45, 2.75) is 165 Å². The number of carbonyl (C=O) groups is 2. The average molecular weight is 841 g/mol. The van der Waals surface area contributed by atoms with Gasteiger partial charge >= 0.3 is 5.97 Å². The molecule has 60 heavy (non-hydrogen) atoms. The Morgan fingerprint density at radius 2 is 1.57 bits per heavy atom.